The predicted molar refractivity (Wildman–Crippen MR) is 146 cm³/mol. The number of aromatic nitrogens is 2. The van der Waals surface area contributed by atoms with Gasteiger partial charge in [-0.2, -0.15) is 0 Å². The summed E-state index contributed by atoms with van der Waals surface area (Å²) in [5.74, 6) is 0.363. The van der Waals surface area contributed by atoms with Gasteiger partial charge in [-0.05, 0) is 38.1 Å². The highest BCUT2D eigenvalue weighted by Gasteiger charge is 2.39. The number of nitrogens with zero attached hydrogens (tertiary/aromatic N) is 3. The number of carbonyl (C=O) groups excluding carboxylic acids is 1. The smallest absolute Gasteiger partial charge is 0.266 e. The Morgan fingerprint density at radius 1 is 1.18 bits per heavy atom. The first-order valence-electron chi connectivity index (χ1n) is 13.2. The minimum absolute atomic E-state index is 0.00600. The molecule has 5 rings (SSSR count). The van der Waals surface area contributed by atoms with Crippen LogP contribution in [0.1, 0.15) is 46.7 Å². The van der Waals surface area contributed by atoms with Gasteiger partial charge in [0.1, 0.15) is 17.5 Å². The van der Waals surface area contributed by atoms with Crippen molar-refractivity contribution in [3.63, 3.8) is 0 Å². The number of anilines is 3. The number of nitrogen functional groups attached to an aromatic ring is 1. The number of hydrogen-bond acceptors (Lipinski definition) is 8. The molecule has 40 heavy (non-hydrogen) atoms. The van der Waals surface area contributed by atoms with Gasteiger partial charge in [0.05, 0.1) is 42.5 Å². The van der Waals surface area contributed by atoms with Crippen LogP contribution in [0.5, 0.6) is 0 Å². The van der Waals surface area contributed by atoms with Gasteiger partial charge >= 0.3 is 0 Å². The highest BCUT2D eigenvalue weighted by atomic mass is 19.3. The Morgan fingerprint density at radius 2 is 1.88 bits per heavy atom. The van der Waals surface area contributed by atoms with Gasteiger partial charge in [-0.1, -0.05) is 0 Å². The summed E-state index contributed by atoms with van der Waals surface area (Å²) < 4.78 is 52.5. The number of fused-ring (bicyclic) bond motifs is 2. The lowest BCUT2D eigenvalue weighted by molar-refractivity contribution is 0.0752. The van der Waals surface area contributed by atoms with Crippen molar-refractivity contribution in [1.82, 2.24) is 14.9 Å². The molecule has 0 aliphatic carbocycles. The van der Waals surface area contributed by atoms with E-state index in [0.717, 1.165) is 6.07 Å². The number of benzene rings is 2. The van der Waals surface area contributed by atoms with Crippen LogP contribution in [0, 0.1) is 24.6 Å². The summed E-state index contributed by atoms with van der Waals surface area (Å²) in [5.41, 5.74) is 6.66. The van der Waals surface area contributed by atoms with Crippen LogP contribution in [0.25, 0.3) is 10.9 Å². The molecule has 2 fully saturated rings. The maximum Gasteiger partial charge on any atom is 0.266 e. The second kappa shape index (κ2) is 11.5. The van der Waals surface area contributed by atoms with Crippen LogP contribution in [-0.2, 0) is 9.47 Å². The highest BCUT2D eigenvalue weighted by Crippen LogP contribution is 2.35. The molecule has 0 radical (unpaired) electrons. The van der Waals surface area contributed by atoms with Crippen LogP contribution in [-0.4, -0.2) is 67.3 Å². The summed E-state index contributed by atoms with van der Waals surface area (Å²) in [6, 6.07) is 5.04. The molecule has 2 aliphatic rings. The number of likely N-dealkylation sites (tertiary alicyclic amines) is 1. The molecule has 2 aliphatic heterocycles. The van der Waals surface area contributed by atoms with Crippen LogP contribution in [0.4, 0.5) is 30.4 Å². The van der Waals surface area contributed by atoms with Crippen molar-refractivity contribution in [3.05, 3.63) is 52.6 Å². The second-order valence-electron chi connectivity index (χ2n) is 10.4. The zero-order valence-corrected chi connectivity index (χ0v) is 22.6. The molecule has 4 N–H and O–H groups in total. The Labute approximate surface area is 230 Å². The van der Waals surface area contributed by atoms with Crippen molar-refractivity contribution in [2.45, 2.75) is 26.3 Å². The fourth-order valence-corrected chi connectivity index (χ4v) is 5.49. The van der Waals surface area contributed by atoms with E-state index < -0.39 is 23.8 Å². The molecule has 9 nitrogen and oxygen atoms in total. The molecular weight excluding hydrogens is 525 g/mol. The van der Waals surface area contributed by atoms with Crippen LogP contribution >= 0.6 is 0 Å². The Hall–Kier alpha value is -3.64. The molecule has 2 aromatic carbocycles. The van der Waals surface area contributed by atoms with Crippen molar-refractivity contribution in [2.75, 3.05) is 62.9 Å². The van der Waals surface area contributed by atoms with Crippen molar-refractivity contribution in [2.24, 2.45) is 11.8 Å². The molecule has 0 spiro atoms. The van der Waals surface area contributed by atoms with Gasteiger partial charge in [-0.25, -0.2) is 23.1 Å². The molecule has 12 heteroatoms. The lowest BCUT2D eigenvalue weighted by atomic mass is 10.0. The molecule has 3 heterocycles. The standard InChI is InChI=1S/C28H33F3N6O3/c1-14(19-6-18(32)7-22(25(19)29)26(30)31)34-27-20-8-23(33-4-5-39-3)21(9-24(20)35-15(2)36-27)28(38)37-10-16-12-40-13-17(16)11-37/h6-9,14,16-17,26,33H,4-5,10-13,32H2,1-3H3,(H,34,35,36)/t14-,16?,17?/m1/s1. The minimum Gasteiger partial charge on any atom is -0.399 e. The Morgan fingerprint density at radius 3 is 2.55 bits per heavy atom. The van der Waals surface area contributed by atoms with Crippen molar-refractivity contribution >= 4 is 34.0 Å². The molecule has 3 atom stereocenters. The van der Waals surface area contributed by atoms with Gasteiger partial charge in [0.15, 0.2) is 0 Å². The molecule has 2 saturated heterocycles. The third kappa shape index (κ3) is 5.50. The van der Waals surface area contributed by atoms with E-state index >= 15 is 0 Å². The number of nitrogens with one attached hydrogen (secondary N) is 2. The molecule has 214 valence electrons. The lowest BCUT2D eigenvalue weighted by Gasteiger charge is -2.22. The maximum absolute atomic E-state index is 15.0. The SMILES string of the molecule is COCCNc1cc2c(N[C@H](C)c3cc(N)cc(C(F)F)c3F)nc(C)nc2cc1C(=O)N1CC2COCC2C1. The van der Waals surface area contributed by atoms with Crippen molar-refractivity contribution in [3.8, 4) is 0 Å². The normalized spacial score (nSPS) is 19.3. The Kier molecular flexibility index (Phi) is 7.99. The van der Waals surface area contributed by atoms with Crippen LogP contribution < -0.4 is 16.4 Å². The fourth-order valence-electron chi connectivity index (χ4n) is 5.49. The number of amides is 1. The number of alkyl halides is 2. The molecule has 0 bridgehead atoms. The zero-order chi connectivity index (χ0) is 28.6. The molecule has 1 aromatic heterocycles. The van der Waals surface area contributed by atoms with Gasteiger partial charge in [0.25, 0.3) is 12.3 Å². The number of methoxy groups -OCH3 is 1. The van der Waals surface area contributed by atoms with E-state index in [0.29, 0.717) is 85.1 Å². The highest BCUT2D eigenvalue weighted by molar-refractivity contribution is 6.05. The number of carbonyl (C=O) groups is 1. The number of rotatable bonds is 9. The van der Waals surface area contributed by atoms with Gasteiger partial charge < -0.3 is 30.7 Å². The quantitative estimate of drug-likeness (QED) is 0.259. The average molecular weight is 559 g/mol. The summed E-state index contributed by atoms with van der Waals surface area (Å²) in [7, 11) is 1.59. The minimum atomic E-state index is -3.00. The number of nitrogens with two attached hydrogens (primary N) is 1. The Bertz CT molecular complexity index is 1410. The van der Waals surface area contributed by atoms with Crippen molar-refractivity contribution < 1.29 is 27.4 Å². The predicted octanol–water partition coefficient (Wildman–Crippen LogP) is 4.55. The molecular formula is C28H33F3N6O3. The van der Waals surface area contributed by atoms with E-state index in [2.05, 4.69) is 20.6 Å². The van der Waals surface area contributed by atoms with E-state index in [1.165, 1.54) is 6.07 Å². The second-order valence-corrected chi connectivity index (χ2v) is 10.4. The maximum atomic E-state index is 15.0. The average Bonchev–Trinajstić information content (AvgIpc) is 3.52. The van der Waals surface area contributed by atoms with E-state index in [1.807, 2.05) is 4.90 Å². The first kappa shape index (κ1) is 27.9. The number of halogens is 3. The van der Waals surface area contributed by atoms with E-state index in [1.54, 1.807) is 33.1 Å². The van der Waals surface area contributed by atoms with Gasteiger partial charge in [-0.3, -0.25) is 4.79 Å². The molecule has 1 amide bonds. The van der Waals surface area contributed by atoms with E-state index in [-0.39, 0.29) is 17.2 Å². The lowest BCUT2D eigenvalue weighted by Crippen LogP contribution is -2.31. The van der Waals surface area contributed by atoms with Gasteiger partial charge in [-0.15, -0.1) is 0 Å². The Balaban J connectivity index is 1.52. The van der Waals surface area contributed by atoms with Gasteiger partial charge in [0, 0.05) is 60.9 Å². The van der Waals surface area contributed by atoms with E-state index in [4.69, 9.17) is 15.2 Å². The fraction of sp³-hybridized carbons (Fsp3) is 0.464. The molecule has 2 unspecified atom stereocenters. The summed E-state index contributed by atoms with van der Waals surface area (Å²) in [4.78, 5) is 24.6. The topological polar surface area (TPSA) is 115 Å². The summed E-state index contributed by atoms with van der Waals surface area (Å²) in [6.07, 6.45) is -3.00. The first-order chi connectivity index (χ1) is 19.2. The van der Waals surface area contributed by atoms with Crippen molar-refractivity contribution in [1.29, 1.82) is 0 Å². The van der Waals surface area contributed by atoms with Crippen LogP contribution in [0.15, 0.2) is 24.3 Å². The van der Waals surface area contributed by atoms with Crippen LogP contribution in [0.2, 0.25) is 0 Å². The monoisotopic (exact) mass is 558 g/mol. The van der Waals surface area contributed by atoms with E-state index in [9.17, 15) is 18.0 Å². The summed E-state index contributed by atoms with van der Waals surface area (Å²) >= 11 is 0. The van der Waals surface area contributed by atoms with Crippen LogP contribution in [0.3, 0.4) is 0 Å². The largest absolute Gasteiger partial charge is 0.399 e. The van der Waals surface area contributed by atoms with Gasteiger partial charge in [0.2, 0.25) is 0 Å². The number of hydrogen-bond donors (Lipinski definition) is 3. The third-order valence-electron chi connectivity index (χ3n) is 7.53. The summed E-state index contributed by atoms with van der Waals surface area (Å²) in [5, 5.41) is 7.01. The number of aryl methyl sites for hydroxylation is 1. The number of ether oxygens (including phenoxy) is 2. The third-order valence-corrected chi connectivity index (χ3v) is 7.53. The zero-order valence-electron chi connectivity index (χ0n) is 22.6. The first-order valence-corrected chi connectivity index (χ1v) is 13.2. The molecule has 0 saturated carbocycles. The summed E-state index contributed by atoms with van der Waals surface area (Å²) in [6.45, 7) is 6.83. The molecule has 3 aromatic rings.